The second kappa shape index (κ2) is 13.1. The number of ether oxygens (including phenoxy) is 1. The molecule has 1 aliphatic rings. The highest BCUT2D eigenvalue weighted by Crippen LogP contribution is 2.32. The molecule has 2 aromatic carbocycles. The van der Waals surface area contributed by atoms with Crippen molar-refractivity contribution in [2.24, 2.45) is 0 Å². The lowest BCUT2D eigenvalue weighted by atomic mass is 9.73. The number of carboxylic acid groups (broad SMARTS) is 2. The highest BCUT2D eigenvalue weighted by atomic mass is 16.5. The van der Waals surface area contributed by atoms with E-state index in [1.54, 1.807) is 13.8 Å². The SMILES string of the molecule is CC(C)(C)OC[C@H]1NCCNC1=O.Cc1ccc(C(=O)C(O)(C(=O)O)C(O)(C(=O)O)C(=O)c2ccc(C)cc2)cc1. The first-order valence-electron chi connectivity index (χ1n) is 12.7. The van der Waals surface area contributed by atoms with E-state index < -0.39 is 34.7 Å². The molecule has 0 spiro atoms. The maximum Gasteiger partial charge on any atom is 0.348 e. The third-order valence-corrected chi connectivity index (χ3v) is 6.24. The molecule has 2 aromatic rings. The monoisotopic (exact) mass is 572 g/mol. The van der Waals surface area contributed by atoms with Crippen molar-refractivity contribution in [3.05, 3.63) is 70.8 Å². The molecule has 0 saturated carbocycles. The van der Waals surface area contributed by atoms with Gasteiger partial charge in [-0.2, -0.15) is 0 Å². The number of aliphatic hydroxyl groups is 2. The van der Waals surface area contributed by atoms with E-state index in [9.17, 15) is 44.4 Å². The number of aryl methyl sites for hydroxylation is 2. The van der Waals surface area contributed by atoms with E-state index in [1.165, 1.54) is 24.3 Å². The van der Waals surface area contributed by atoms with Gasteiger partial charge in [0, 0.05) is 24.2 Å². The molecule has 12 heteroatoms. The van der Waals surface area contributed by atoms with E-state index >= 15 is 0 Å². The molecule has 1 amide bonds. The molecule has 1 heterocycles. The van der Waals surface area contributed by atoms with Gasteiger partial charge in [0.15, 0.2) is 0 Å². The van der Waals surface area contributed by atoms with Gasteiger partial charge in [0.05, 0.1) is 12.2 Å². The van der Waals surface area contributed by atoms with Crippen LogP contribution in [0.4, 0.5) is 0 Å². The highest BCUT2D eigenvalue weighted by Gasteiger charge is 2.69. The van der Waals surface area contributed by atoms with Gasteiger partial charge in [-0.3, -0.25) is 14.4 Å². The van der Waals surface area contributed by atoms with Crippen molar-refractivity contribution in [1.82, 2.24) is 10.6 Å². The van der Waals surface area contributed by atoms with Gasteiger partial charge < -0.3 is 35.8 Å². The Morgan fingerprint density at radius 2 is 1.17 bits per heavy atom. The topological polar surface area (TPSA) is 200 Å². The molecule has 41 heavy (non-hydrogen) atoms. The quantitative estimate of drug-likeness (QED) is 0.184. The van der Waals surface area contributed by atoms with Gasteiger partial charge in [-0.15, -0.1) is 0 Å². The Kier molecular flexibility index (Phi) is 10.6. The van der Waals surface area contributed by atoms with Crippen LogP contribution in [-0.4, -0.2) is 92.4 Å². The number of Topliss-reactive ketones (excluding diaryl/α,β-unsaturated/α-hetero) is 2. The van der Waals surface area contributed by atoms with Crippen LogP contribution in [0.1, 0.15) is 52.6 Å². The fraction of sp³-hybridized carbons (Fsp3) is 0.414. The average molecular weight is 573 g/mol. The molecule has 3 rings (SSSR count). The van der Waals surface area contributed by atoms with Crippen LogP contribution in [0.15, 0.2) is 48.5 Å². The molecule has 2 unspecified atom stereocenters. The number of rotatable bonds is 9. The lowest BCUT2D eigenvalue weighted by Crippen LogP contribution is -2.71. The molecule has 222 valence electrons. The molecule has 3 atom stereocenters. The van der Waals surface area contributed by atoms with Crippen LogP contribution in [-0.2, 0) is 19.1 Å². The number of benzene rings is 2. The van der Waals surface area contributed by atoms with Crippen molar-refractivity contribution in [3.63, 3.8) is 0 Å². The first kappa shape index (κ1) is 33.2. The number of carbonyl (C=O) groups excluding carboxylic acids is 3. The summed E-state index contributed by atoms with van der Waals surface area (Å²) in [5.74, 6) is -7.97. The van der Waals surface area contributed by atoms with Crippen molar-refractivity contribution in [1.29, 1.82) is 0 Å². The molecule has 6 N–H and O–H groups in total. The van der Waals surface area contributed by atoms with Crippen LogP contribution < -0.4 is 10.6 Å². The minimum atomic E-state index is -3.96. The maximum atomic E-state index is 12.8. The summed E-state index contributed by atoms with van der Waals surface area (Å²) >= 11 is 0. The van der Waals surface area contributed by atoms with Gasteiger partial charge in [0.25, 0.3) is 11.2 Å². The summed E-state index contributed by atoms with van der Waals surface area (Å²) in [5.41, 5.74) is -7.45. The van der Waals surface area contributed by atoms with Crippen LogP contribution in [0.2, 0.25) is 0 Å². The minimum Gasteiger partial charge on any atom is -0.479 e. The zero-order valence-electron chi connectivity index (χ0n) is 23.6. The molecule has 0 aliphatic carbocycles. The van der Waals surface area contributed by atoms with Gasteiger partial charge in [-0.25, -0.2) is 9.59 Å². The Morgan fingerprint density at radius 3 is 1.49 bits per heavy atom. The molecule has 0 bridgehead atoms. The Bertz CT molecular complexity index is 1200. The number of piperazine rings is 1. The van der Waals surface area contributed by atoms with E-state index in [2.05, 4.69) is 10.6 Å². The molecule has 1 fully saturated rings. The van der Waals surface area contributed by atoms with Crippen LogP contribution in [0.25, 0.3) is 0 Å². The van der Waals surface area contributed by atoms with Gasteiger partial charge >= 0.3 is 11.9 Å². The fourth-order valence-electron chi connectivity index (χ4n) is 3.78. The van der Waals surface area contributed by atoms with Crippen molar-refractivity contribution in [2.75, 3.05) is 19.7 Å². The summed E-state index contributed by atoms with van der Waals surface area (Å²) in [7, 11) is 0. The summed E-state index contributed by atoms with van der Waals surface area (Å²) in [6.45, 7) is 11.3. The largest absolute Gasteiger partial charge is 0.479 e. The van der Waals surface area contributed by atoms with Crippen LogP contribution >= 0.6 is 0 Å². The molecule has 1 saturated heterocycles. The Balaban J connectivity index is 0.000000377. The van der Waals surface area contributed by atoms with Crippen molar-refractivity contribution >= 4 is 29.4 Å². The first-order chi connectivity index (χ1) is 18.9. The summed E-state index contributed by atoms with van der Waals surface area (Å²) < 4.78 is 5.52. The third kappa shape index (κ3) is 7.61. The van der Waals surface area contributed by atoms with Crippen LogP contribution in [0.3, 0.4) is 0 Å². The van der Waals surface area contributed by atoms with Crippen molar-refractivity contribution in [2.45, 2.75) is 57.5 Å². The van der Waals surface area contributed by atoms with E-state index in [1.807, 2.05) is 20.8 Å². The molecular formula is C29H36N2O10. The number of hydrogen-bond acceptors (Lipinski definition) is 9. The summed E-state index contributed by atoms with van der Waals surface area (Å²) in [4.78, 5) is 60.4. The predicted octanol–water partition coefficient (Wildman–Crippen LogP) is 0.890. The highest BCUT2D eigenvalue weighted by molar-refractivity contribution is 6.28. The van der Waals surface area contributed by atoms with Gasteiger partial charge in [-0.05, 0) is 34.6 Å². The minimum absolute atomic E-state index is 0.0375. The Morgan fingerprint density at radius 1 is 0.780 bits per heavy atom. The van der Waals surface area contributed by atoms with E-state index in [4.69, 9.17) is 4.74 Å². The van der Waals surface area contributed by atoms with Gasteiger partial charge in [-0.1, -0.05) is 59.7 Å². The third-order valence-electron chi connectivity index (χ3n) is 6.24. The number of carbonyl (C=O) groups is 5. The molecule has 0 aromatic heterocycles. The van der Waals surface area contributed by atoms with E-state index in [0.29, 0.717) is 24.3 Å². The molecular weight excluding hydrogens is 536 g/mol. The van der Waals surface area contributed by atoms with Crippen molar-refractivity contribution in [3.8, 4) is 0 Å². The zero-order valence-corrected chi connectivity index (χ0v) is 23.6. The lowest BCUT2D eigenvalue weighted by molar-refractivity contribution is -0.187. The summed E-state index contributed by atoms with van der Waals surface area (Å²) in [5, 5.41) is 46.2. The number of amides is 1. The number of hydrogen-bond donors (Lipinski definition) is 6. The van der Waals surface area contributed by atoms with Crippen LogP contribution in [0.5, 0.6) is 0 Å². The second-order valence-corrected chi connectivity index (χ2v) is 10.6. The van der Waals surface area contributed by atoms with Gasteiger partial charge in [0.2, 0.25) is 17.5 Å². The normalized spacial score (nSPS) is 18.0. The lowest BCUT2D eigenvalue weighted by Gasteiger charge is -2.34. The predicted molar refractivity (Wildman–Crippen MR) is 147 cm³/mol. The Hall–Kier alpha value is -3.97. The van der Waals surface area contributed by atoms with E-state index in [-0.39, 0.29) is 28.7 Å². The Labute approximate surface area is 237 Å². The molecule has 1 aliphatic heterocycles. The molecule has 0 radical (unpaired) electrons. The smallest absolute Gasteiger partial charge is 0.348 e. The maximum absolute atomic E-state index is 12.8. The summed E-state index contributed by atoms with van der Waals surface area (Å²) in [6.07, 6.45) is 0. The first-order valence-corrected chi connectivity index (χ1v) is 12.7. The fourth-order valence-corrected chi connectivity index (χ4v) is 3.78. The number of aliphatic carboxylic acids is 2. The average Bonchev–Trinajstić information content (AvgIpc) is 2.91. The number of carboxylic acids is 2. The standard InChI is InChI=1S/C20H18O8.C9H18N2O2/c1-11-3-7-13(8-4-11)15(21)19(27,17(23)24)20(28,18(25)26)16(22)14-9-5-12(2)6-10-14;1-9(2,3)13-6-7-8(12)11-5-4-10-7/h3-10,27-28H,1-2H3,(H,23,24)(H,25,26);7,10H,4-6H2,1-3H3,(H,11,12)/t;7-/m.1/s1. The van der Waals surface area contributed by atoms with Crippen LogP contribution in [0, 0.1) is 13.8 Å². The van der Waals surface area contributed by atoms with E-state index in [0.717, 1.165) is 30.8 Å². The van der Waals surface area contributed by atoms with Gasteiger partial charge in [0.1, 0.15) is 6.04 Å². The van der Waals surface area contributed by atoms with Crippen molar-refractivity contribution < 1.29 is 49.1 Å². The number of ketones is 2. The molecule has 12 nitrogen and oxygen atoms in total. The zero-order chi connectivity index (χ0) is 31.2. The second-order valence-electron chi connectivity index (χ2n) is 10.6. The number of nitrogens with one attached hydrogen (secondary N) is 2. The summed E-state index contributed by atoms with van der Waals surface area (Å²) in [6, 6.07) is 10.2.